The molecule has 4 aromatic rings. The van der Waals surface area contributed by atoms with Gasteiger partial charge in [0.2, 0.25) is 0 Å². The SMILES string of the molecule is CC(NC(=O)c1ccc2cccc(F)c2n1)c1ccccc1-n1cccn1. The van der Waals surface area contributed by atoms with Crippen molar-refractivity contribution in [3.63, 3.8) is 0 Å². The lowest BCUT2D eigenvalue weighted by molar-refractivity contribution is 0.0935. The number of halogens is 1. The topological polar surface area (TPSA) is 59.8 Å². The van der Waals surface area contributed by atoms with Crippen LogP contribution >= 0.6 is 0 Å². The van der Waals surface area contributed by atoms with Gasteiger partial charge in [-0.25, -0.2) is 14.1 Å². The lowest BCUT2D eigenvalue weighted by Gasteiger charge is -2.18. The third-order valence-corrected chi connectivity index (χ3v) is 4.41. The quantitative estimate of drug-likeness (QED) is 0.597. The maximum absolute atomic E-state index is 14.0. The van der Waals surface area contributed by atoms with E-state index in [9.17, 15) is 9.18 Å². The van der Waals surface area contributed by atoms with Gasteiger partial charge in [-0.05, 0) is 36.8 Å². The van der Waals surface area contributed by atoms with Crippen molar-refractivity contribution < 1.29 is 9.18 Å². The van der Waals surface area contributed by atoms with Crippen molar-refractivity contribution in [3.05, 3.63) is 90.1 Å². The van der Waals surface area contributed by atoms with Gasteiger partial charge in [0.05, 0.1) is 11.7 Å². The maximum Gasteiger partial charge on any atom is 0.270 e. The van der Waals surface area contributed by atoms with Crippen LogP contribution in [0.2, 0.25) is 0 Å². The Balaban J connectivity index is 1.61. The first-order valence-electron chi connectivity index (χ1n) is 8.58. The van der Waals surface area contributed by atoms with E-state index in [0.717, 1.165) is 11.3 Å². The van der Waals surface area contributed by atoms with E-state index in [-0.39, 0.29) is 23.2 Å². The summed E-state index contributed by atoms with van der Waals surface area (Å²) in [5.74, 6) is -0.804. The van der Waals surface area contributed by atoms with Gasteiger partial charge < -0.3 is 5.32 Å². The third kappa shape index (κ3) is 3.29. The van der Waals surface area contributed by atoms with Crippen molar-refractivity contribution in [1.29, 1.82) is 0 Å². The molecule has 1 amide bonds. The Morgan fingerprint density at radius 1 is 1.07 bits per heavy atom. The molecule has 6 heteroatoms. The third-order valence-electron chi connectivity index (χ3n) is 4.41. The van der Waals surface area contributed by atoms with Gasteiger partial charge in [0.1, 0.15) is 17.0 Å². The number of pyridine rings is 1. The highest BCUT2D eigenvalue weighted by Gasteiger charge is 2.17. The minimum Gasteiger partial charge on any atom is -0.344 e. The largest absolute Gasteiger partial charge is 0.344 e. The van der Waals surface area contributed by atoms with Crippen LogP contribution in [0.3, 0.4) is 0 Å². The normalized spacial score (nSPS) is 12.1. The zero-order valence-corrected chi connectivity index (χ0v) is 14.6. The molecule has 1 N–H and O–H groups in total. The van der Waals surface area contributed by atoms with Crippen LogP contribution in [0, 0.1) is 5.82 Å². The predicted molar refractivity (Wildman–Crippen MR) is 101 cm³/mol. The number of hydrogen-bond acceptors (Lipinski definition) is 3. The lowest BCUT2D eigenvalue weighted by atomic mass is 10.1. The van der Waals surface area contributed by atoms with Crippen LogP contribution in [0.1, 0.15) is 29.0 Å². The highest BCUT2D eigenvalue weighted by atomic mass is 19.1. The Morgan fingerprint density at radius 2 is 1.93 bits per heavy atom. The number of benzene rings is 2. The van der Waals surface area contributed by atoms with Crippen LogP contribution in [-0.4, -0.2) is 20.7 Å². The fraction of sp³-hybridized carbons (Fsp3) is 0.0952. The van der Waals surface area contributed by atoms with Crippen LogP contribution in [0.5, 0.6) is 0 Å². The number of carbonyl (C=O) groups excluding carboxylic acids is 1. The summed E-state index contributed by atoms with van der Waals surface area (Å²) in [7, 11) is 0. The first-order chi connectivity index (χ1) is 13.1. The molecule has 0 radical (unpaired) electrons. The number of hydrogen-bond donors (Lipinski definition) is 1. The number of para-hydroxylation sites is 2. The highest BCUT2D eigenvalue weighted by molar-refractivity contribution is 5.95. The molecule has 0 aliphatic carbocycles. The molecule has 5 nitrogen and oxygen atoms in total. The number of amides is 1. The molecule has 4 rings (SSSR count). The number of nitrogens with one attached hydrogen (secondary N) is 1. The van der Waals surface area contributed by atoms with E-state index in [4.69, 9.17) is 0 Å². The molecule has 2 aromatic heterocycles. The first-order valence-corrected chi connectivity index (χ1v) is 8.58. The van der Waals surface area contributed by atoms with Gasteiger partial charge in [-0.2, -0.15) is 5.10 Å². The van der Waals surface area contributed by atoms with E-state index in [2.05, 4.69) is 15.4 Å². The Bertz CT molecular complexity index is 1110. The van der Waals surface area contributed by atoms with E-state index in [1.807, 2.05) is 43.5 Å². The number of carbonyl (C=O) groups is 1. The fourth-order valence-corrected chi connectivity index (χ4v) is 3.06. The van der Waals surface area contributed by atoms with Gasteiger partial charge in [-0.3, -0.25) is 4.79 Å². The van der Waals surface area contributed by atoms with E-state index in [1.54, 1.807) is 35.1 Å². The molecule has 0 aliphatic rings. The van der Waals surface area contributed by atoms with Crippen molar-refractivity contribution in [3.8, 4) is 5.69 Å². The summed E-state index contributed by atoms with van der Waals surface area (Å²) in [4.78, 5) is 16.9. The molecule has 0 saturated heterocycles. The van der Waals surface area contributed by atoms with E-state index in [0.29, 0.717) is 5.39 Å². The smallest absolute Gasteiger partial charge is 0.270 e. The van der Waals surface area contributed by atoms with Crippen molar-refractivity contribution in [2.75, 3.05) is 0 Å². The summed E-state index contributed by atoms with van der Waals surface area (Å²) >= 11 is 0. The second kappa shape index (κ2) is 6.99. The molecule has 0 spiro atoms. The van der Waals surface area contributed by atoms with Gasteiger partial charge in [0, 0.05) is 17.8 Å². The first kappa shape index (κ1) is 16.9. The van der Waals surface area contributed by atoms with E-state index < -0.39 is 5.82 Å². The van der Waals surface area contributed by atoms with E-state index in [1.165, 1.54) is 6.07 Å². The monoisotopic (exact) mass is 360 g/mol. The summed E-state index contributed by atoms with van der Waals surface area (Å²) in [6.45, 7) is 1.89. The van der Waals surface area contributed by atoms with Crippen LogP contribution < -0.4 is 5.32 Å². The number of rotatable bonds is 4. The van der Waals surface area contributed by atoms with Gasteiger partial charge in [0.15, 0.2) is 0 Å². The number of fused-ring (bicyclic) bond motifs is 1. The van der Waals surface area contributed by atoms with Crippen LogP contribution in [-0.2, 0) is 0 Å². The molecular formula is C21H17FN4O. The Hall–Kier alpha value is -3.54. The minimum atomic E-state index is -0.445. The molecule has 1 unspecified atom stereocenters. The Labute approximate surface area is 155 Å². The second-order valence-corrected chi connectivity index (χ2v) is 6.21. The molecule has 27 heavy (non-hydrogen) atoms. The Kier molecular flexibility index (Phi) is 4.38. The highest BCUT2D eigenvalue weighted by Crippen LogP contribution is 2.22. The molecular weight excluding hydrogens is 343 g/mol. The van der Waals surface area contributed by atoms with Crippen molar-refractivity contribution in [2.24, 2.45) is 0 Å². The zero-order chi connectivity index (χ0) is 18.8. The zero-order valence-electron chi connectivity index (χ0n) is 14.6. The van der Waals surface area contributed by atoms with Crippen molar-refractivity contribution in [1.82, 2.24) is 20.1 Å². The number of aromatic nitrogens is 3. The van der Waals surface area contributed by atoms with Crippen LogP contribution in [0.25, 0.3) is 16.6 Å². The van der Waals surface area contributed by atoms with Crippen molar-refractivity contribution in [2.45, 2.75) is 13.0 Å². The predicted octanol–water partition coefficient (Wildman–Crippen LogP) is 4.05. The van der Waals surface area contributed by atoms with Gasteiger partial charge >= 0.3 is 0 Å². The van der Waals surface area contributed by atoms with Gasteiger partial charge in [-0.15, -0.1) is 0 Å². The summed E-state index contributed by atoms with van der Waals surface area (Å²) in [6, 6.07) is 17.3. The average molecular weight is 360 g/mol. The summed E-state index contributed by atoms with van der Waals surface area (Å²) in [5, 5.41) is 7.85. The molecule has 1 atom stereocenters. The molecule has 2 aromatic carbocycles. The average Bonchev–Trinajstić information content (AvgIpc) is 3.22. The van der Waals surface area contributed by atoms with Gasteiger partial charge in [0.25, 0.3) is 5.91 Å². The summed E-state index contributed by atoms with van der Waals surface area (Å²) in [5.41, 5.74) is 2.17. The summed E-state index contributed by atoms with van der Waals surface area (Å²) in [6.07, 6.45) is 3.55. The molecule has 134 valence electrons. The minimum absolute atomic E-state index is 0.177. The van der Waals surface area contributed by atoms with E-state index >= 15 is 0 Å². The van der Waals surface area contributed by atoms with Crippen LogP contribution in [0.15, 0.2) is 73.1 Å². The maximum atomic E-state index is 14.0. The molecule has 0 fully saturated rings. The second-order valence-electron chi connectivity index (χ2n) is 6.21. The standard InChI is InChI=1S/C21H17FN4O/c1-14(16-7-2-3-9-19(16)26-13-5-12-23-26)24-21(27)18-11-10-15-6-4-8-17(22)20(15)25-18/h2-14H,1H3,(H,24,27). The number of nitrogens with zero attached hydrogens (tertiary/aromatic N) is 3. The molecule has 0 saturated carbocycles. The Morgan fingerprint density at radius 3 is 2.74 bits per heavy atom. The lowest BCUT2D eigenvalue weighted by Crippen LogP contribution is -2.28. The fourth-order valence-electron chi connectivity index (χ4n) is 3.06. The van der Waals surface area contributed by atoms with Crippen LogP contribution in [0.4, 0.5) is 4.39 Å². The summed E-state index contributed by atoms with van der Waals surface area (Å²) < 4.78 is 15.7. The molecule has 0 aliphatic heterocycles. The van der Waals surface area contributed by atoms with Gasteiger partial charge in [-0.1, -0.05) is 36.4 Å². The molecule has 0 bridgehead atoms. The molecule has 2 heterocycles. The van der Waals surface area contributed by atoms with Crippen molar-refractivity contribution >= 4 is 16.8 Å².